The minimum absolute atomic E-state index is 0.00474. The van der Waals surface area contributed by atoms with E-state index in [1.807, 2.05) is 12.1 Å². The van der Waals surface area contributed by atoms with Crippen LogP contribution in [0.5, 0.6) is 0 Å². The fraction of sp³-hybridized carbons (Fsp3) is 0.455. The minimum atomic E-state index is -1.15. The van der Waals surface area contributed by atoms with E-state index >= 15 is 0 Å². The van der Waals surface area contributed by atoms with Crippen LogP contribution in [0.1, 0.15) is 58.4 Å². The van der Waals surface area contributed by atoms with Crippen LogP contribution < -0.4 is 0 Å². The fourth-order valence-electron chi connectivity index (χ4n) is 3.32. The highest BCUT2D eigenvalue weighted by Crippen LogP contribution is 2.35. The smallest absolute Gasteiger partial charge is 0.166 e. The van der Waals surface area contributed by atoms with Gasteiger partial charge in [-0.15, -0.1) is 0 Å². The van der Waals surface area contributed by atoms with Gasteiger partial charge < -0.3 is 0 Å². The van der Waals surface area contributed by atoms with E-state index in [4.69, 9.17) is 0 Å². The Labute approximate surface area is 149 Å². The molecule has 2 aromatic rings. The third kappa shape index (κ3) is 5.35. The molecule has 0 saturated carbocycles. The highest BCUT2D eigenvalue weighted by Gasteiger charge is 2.22. The molecule has 0 bridgehead atoms. The summed E-state index contributed by atoms with van der Waals surface area (Å²) in [5.41, 5.74) is 1.54. The number of unbranched alkanes of at least 4 members (excludes halogenated alkanes) is 3. The van der Waals surface area contributed by atoms with Crippen LogP contribution in [-0.4, -0.2) is 0 Å². The Morgan fingerprint density at radius 1 is 0.880 bits per heavy atom. The first kappa shape index (κ1) is 19.6. The molecule has 136 valence electrons. The van der Waals surface area contributed by atoms with E-state index in [-0.39, 0.29) is 11.0 Å². The van der Waals surface area contributed by atoms with Gasteiger partial charge in [0.15, 0.2) is 11.6 Å². The molecule has 0 fully saturated rings. The van der Waals surface area contributed by atoms with E-state index in [1.54, 1.807) is 12.1 Å². The lowest BCUT2D eigenvalue weighted by Crippen LogP contribution is -2.15. The monoisotopic (exact) mass is 348 g/mol. The molecule has 25 heavy (non-hydrogen) atoms. The van der Waals surface area contributed by atoms with Crippen molar-refractivity contribution >= 4 is 0 Å². The second kappa shape index (κ2) is 8.55. The van der Waals surface area contributed by atoms with Crippen LogP contribution in [0.25, 0.3) is 11.1 Å². The molecular formula is C22H27F3. The van der Waals surface area contributed by atoms with Crippen LogP contribution in [0.4, 0.5) is 13.2 Å². The first-order valence-electron chi connectivity index (χ1n) is 9.07. The summed E-state index contributed by atoms with van der Waals surface area (Å²) in [7, 11) is 0. The van der Waals surface area contributed by atoms with Gasteiger partial charge in [0, 0.05) is 11.6 Å². The topological polar surface area (TPSA) is 0 Å². The Bertz CT molecular complexity index is 704. The number of rotatable bonds is 8. The van der Waals surface area contributed by atoms with Gasteiger partial charge in [-0.1, -0.05) is 70.7 Å². The van der Waals surface area contributed by atoms with Crippen LogP contribution in [0.2, 0.25) is 0 Å². The van der Waals surface area contributed by atoms with Crippen LogP contribution in [-0.2, 0) is 6.42 Å². The van der Waals surface area contributed by atoms with Crippen molar-refractivity contribution in [1.82, 2.24) is 0 Å². The van der Waals surface area contributed by atoms with Gasteiger partial charge in [-0.3, -0.25) is 0 Å². The van der Waals surface area contributed by atoms with E-state index in [1.165, 1.54) is 19.3 Å². The first-order valence-corrected chi connectivity index (χ1v) is 9.07. The molecule has 0 N–H and O–H groups in total. The molecule has 0 atom stereocenters. The van der Waals surface area contributed by atoms with E-state index < -0.39 is 17.5 Å². The maximum Gasteiger partial charge on any atom is 0.166 e. The predicted molar refractivity (Wildman–Crippen MR) is 98.0 cm³/mol. The molecule has 0 nitrogen and oxygen atoms in total. The predicted octanol–water partition coefficient (Wildman–Crippen LogP) is 7.31. The van der Waals surface area contributed by atoms with Gasteiger partial charge in [-0.25, -0.2) is 13.2 Å². The number of hydrogen-bond acceptors (Lipinski definition) is 0. The Balaban J connectivity index is 2.27. The highest BCUT2D eigenvalue weighted by atomic mass is 19.2. The SMILES string of the molecule is CCCCCCC(C)(C)Cc1ccccc1-c1cc(F)cc(F)c1F. The van der Waals surface area contributed by atoms with Crippen LogP contribution >= 0.6 is 0 Å². The zero-order chi connectivity index (χ0) is 18.4. The largest absolute Gasteiger partial charge is 0.207 e. The summed E-state index contributed by atoms with van der Waals surface area (Å²) >= 11 is 0. The van der Waals surface area contributed by atoms with Gasteiger partial charge >= 0.3 is 0 Å². The molecule has 0 aliphatic heterocycles. The summed E-state index contributed by atoms with van der Waals surface area (Å²) in [6.07, 6.45) is 6.62. The van der Waals surface area contributed by atoms with Gasteiger partial charge in [0.1, 0.15) is 5.82 Å². The van der Waals surface area contributed by atoms with Gasteiger partial charge in [0.2, 0.25) is 0 Å². The summed E-state index contributed by atoms with van der Waals surface area (Å²) in [5.74, 6) is -2.90. The van der Waals surface area contributed by atoms with E-state index in [0.717, 1.165) is 30.9 Å². The van der Waals surface area contributed by atoms with Crippen molar-refractivity contribution < 1.29 is 13.2 Å². The Morgan fingerprint density at radius 3 is 2.32 bits per heavy atom. The lowest BCUT2D eigenvalue weighted by Gasteiger charge is -2.26. The van der Waals surface area contributed by atoms with Crippen LogP contribution in [0.3, 0.4) is 0 Å². The molecule has 0 aromatic heterocycles. The summed E-state index contributed by atoms with van der Waals surface area (Å²) in [5, 5.41) is 0. The van der Waals surface area contributed by atoms with Gasteiger partial charge in [0.25, 0.3) is 0 Å². The van der Waals surface area contributed by atoms with Crippen molar-refractivity contribution in [2.75, 3.05) is 0 Å². The maximum atomic E-state index is 14.2. The van der Waals surface area contributed by atoms with Crippen molar-refractivity contribution in [3.8, 4) is 11.1 Å². The molecule has 0 amide bonds. The van der Waals surface area contributed by atoms with Crippen molar-refractivity contribution in [3.63, 3.8) is 0 Å². The molecule has 2 aromatic carbocycles. The Kier molecular flexibility index (Phi) is 6.69. The van der Waals surface area contributed by atoms with E-state index in [0.29, 0.717) is 11.6 Å². The average Bonchev–Trinajstić information content (AvgIpc) is 2.55. The van der Waals surface area contributed by atoms with Crippen molar-refractivity contribution in [3.05, 3.63) is 59.4 Å². The standard InChI is InChI=1S/C22H27F3/c1-4-5-6-9-12-22(2,3)15-16-10-7-8-11-18(16)19-13-17(23)14-20(24)21(19)25/h7-8,10-11,13-14H,4-6,9,12,15H2,1-3H3. The van der Waals surface area contributed by atoms with E-state index in [2.05, 4.69) is 20.8 Å². The zero-order valence-corrected chi connectivity index (χ0v) is 15.3. The number of benzene rings is 2. The van der Waals surface area contributed by atoms with Gasteiger partial charge in [-0.2, -0.15) is 0 Å². The zero-order valence-electron chi connectivity index (χ0n) is 15.3. The molecule has 0 aliphatic carbocycles. The van der Waals surface area contributed by atoms with Crippen molar-refractivity contribution in [1.29, 1.82) is 0 Å². The summed E-state index contributed by atoms with van der Waals surface area (Å²) in [6.45, 7) is 6.57. The molecule has 0 spiro atoms. The fourth-order valence-corrected chi connectivity index (χ4v) is 3.32. The molecule has 3 heteroatoms. The molecule has 0 aliphatic rings. The molecule has 0 saturated heterocycles. The first-order chi connectivity index (χ1) is 11.8. The number of hydrogen-bond donors (Lipinski definition) is 0. The summed E-state index contributed by atoms with van der Waals surface area (Å²) in [4.78, 5) is 0. The van der Waals surface area contributed by atoms with Gasteiger partial charge in [0.05, 0.1) is 0 Å². The molecule has 0 heterocycles. The lowest BCUT2D eigenvalue weighted by molar-refractivity contribution is 0.317. The molecular weight excluding hydrogens is 321 g/mol. The summed E-state index contributed by atoms with van der Waals surface area (Å²) < 4.78 is 41.4. The normalized spacial score (nSPS) is 11.8. The van der Waals surface area contributed by atoms with Crippen molar-refractivity contribution in [2.24, 2.45) is 5.41 Å². The van der Waals surface area contributed by atoms with Crippen LogP contribution in [0.15, 0.2) is 36.4 Å². The summed E-state index contributed by atoms with van der Waals surface area (Å²) in [6, 6.07) is 8.98. The minimum Gasteiger partial charge on any atom is -0.207 e. The maximum absolute atomic E-state index is 14.2. The van der Waals surface area contributed by atoms with Crippen molar-refractivity contribution in [2.45, 2.75) is 59.3 Å². The molecule has 0 radical (unpaired) electrons. The van der Waals surface area contributed by atoms with Gasteiger partial charge in [-0.05, 0) is 35.4 Å². The molecule has 2 rings (SSSR count). The second-order valence-electron chi connectivity index (χ2n) is 7.56. The quantitative estimate of drug-likeness (QED) is 0.346. The lowest BCUT2D eigenvalue weighted by atomic mass is 9.79. The Hall–Kier alpha value is -1.77. The average molecular weight is 348 g/mol. The highest BCUT2D eigenvalue weighted by molar-refractivity contribution is 5.68. The molecule has 0 unspecified atom stereocenters. The van der Waals surface area contributed by atoms with E-state index in [9.17, 15) is 13.2 Å². The third-order valence-corrected chi connectivity index (χ3v) is 4.68. The van der Waals surface area contributed by atoms with Crippen LogP contribution in [0, 0.1) is 22.9 Å². The number of halogens is 3. The third-order valence-electron chi connectivity index (χ3n) is 4.68. The second-order valence-corrected chi connectivity index (χ2v) is 7.56. The Morgan fingerprint density at radius 2 is 1.60 bits per heavy atom.